The van der Waals surface area contributed by atoms with Gasteiger partial charge in [-0.15, -0.1) is 11.3 Å². The molecule has 2 heterocycles. The van der Waals surface area contributed by atoms with Crippen LogP contribution in [0, 0.1) is 18.3 Å². The first kappa shape index (κ1) is 18.6. The SMILES string of the molecule is Cc1cccc(-c2nc3scc(C(=O)O)c3c(=O)n2Cc2ccccc2C#N)c1. The van der Waals surface area contributed by atoms with Crippen molar-refractivity contribution in [1.29, 1.82) is 5.26 Å². The molecule has 2 aromatic heterocycles. The lowest BCUT2D eigenvalue weighted by molar-refractivity contribution is 0.0699. The van der Waals surface area contributed by atoms with Gasteiger partial charge in [-0.1, -0.05) is 42.0 Å². The number of benzene rings is 2. The molecular weight excluding hydrogens is 386 g/mol. The molecule has 0 saturated carbocycles. The summed E-state index contributed by atoms with van der Waals surface area (Å²) in [7, 11) is 0. The van der Waals surface area contributed by atoms with Gasteiger partial charge in [-0.05, 0) is 24.6 Å². The summed E-state index contributed by atoms with van der Waals surface area (Å²) in [5.74, 6) is -0.722. The van der Waals surface area contributed by atoms with Gasteiger partial charge in [0.1, 0.15) is 10.7 Å². The lowest BCUT2D eigenvalue weighted by Gasteiger charge is -2.14. The van der Waals surface area contributed by atoms with E-state index in [0.29, 0.717) is 21.8 Å². The number of carboxylic acid groups (broad SMARTS) is 1. The van der Waals surface area contributed by atoms with Gasteiger partial charge >= 0.3 is 5.97 Å². The number of hydrogen-bond acceptors (Lipinski definition) is 5. The molecule has 0 radical (unpaired) electrons. The summed E-state index contributed by atoms with van der Waals surface area (Å²) in [6.45, 7) is 2.06. The molecule has 4 aromatic rings. The zero-order chi connectivity index (χ0) is 20.5. The average molecular weight is 401 g/mol. The molecular formula is C22H15N3O3S. The minimum Gasteiger partial charge on any atom is -0.478 e. The Bertz CT molecular complexity index is 1360. The second-order valence-electron chi connectivity index (χ2n) is 6.60. The second-order valence-corrected chi connectivity index (χ2v) is 7.46. The third kappa shape index (κ3) is 3.30. The molecule has 2 aromatic carbocycles. The average Bonchev–Trinajstić information content (AvgIpc) is 3.15. The molecule has 0 amide bonds. The van der Waals surface area contributed by atoms with Crippen LogP contribution < -0.4 is 5.56 Å². The van der Waals surface area contributed by atoms with E-state index in [9.17, 15) is 20.0 Å². The molecule has 0 spiro atoms. The van der Waals surface area contributed by atoms with Crippen LogP contribution in [-0.2, 0) is 6.54 Å². The van der Waals surface area contributed by atoms with Crippen molar-refractivity contribution in [3.05, 3.63) is 86.5 Å². The van der Waals surface area contributed by atoms with E-state index in [2.05, 4.69) is 11.1 Å². The van der Waals surface area contributed by atoms with E-state index in [-0.39, 0.29) is 17.5 Å². The van der Waals surface area contributed by atoms with E-state index in [1.807, 2.05) is 31.2 Å². The lowest BCUT2D eigenvalue weighted by Crippen LogP contribution is -2.25. The number of aromatic carboxylic acids is 1. The highest BCUT2D eigenvalue weighted by molar-refractivity contribution is 7.17. The molecule has 0 saturated heterocycles. The van der Waals surface area contributed by atoms with Crippen molar-refractivity contribution >= 4 is 27.5 Å². The fourth-order valence-electron chi connectivity index (χ4n) is 3.27. The minimum absolute atomic E-state index is 0.0550. The second kappa shape index (κ2) is 7.34. The van der Waals surface area contributed by atoms with Crippen LogP contribution >= 0.6 is 11.3 Å². The lowest BCUT2D eigenvalue weighted by atomic mass is 10.1. The fourth-order valence-corrected chi connectivity index (χ4v) is 4.17. The third-order valence-corrected chi connectivity index (χ3v) is 5.54. The van der Waals surface area contributed by atoms with E-state index in [4.69, 9.17) is 0 Å². The molecule has 6 nitrogen and oxygen atoms in total. The largest absolute Gasteiger partial charge is 0.478 e. The number of carboxylic acids is 1. The summed E-state index contributed by atoms with van der Waals surface area (Å²) in [5.41, 5.74) is 2.40. The summed E-state index contributed by atoms with van der Waals surface area (Å²) >= 11 is 1.13. The monoisotopic (exact) mass is 401 g/mol. The molecule has 29 heavy (non-hydrogen) atoms. The summed E-state index contributed by atoms with van der Waals surface area (Å²) in [6.07, 6.45) is 0. The minimum atomic E-state index is -1.16. The molecule has 0 unspecified atom stereocenters. The van der Waals surface area contributed by atoms with Crippen LogP contribution in [0.1, 0.15) is 27.0 Å². The smallest absolute Gasteiger partial charge is 0.337 e. The predicted molar refractivity (Wildman–Crippen MR) is 111 cm³/mol. The Balaban J connectivity index is 2.03. The van der Waals surface area contributed by atoms with Crippen LogP contribution in [0.15, 0.2) is 58.7 Å². The van der Waals surface area contributed by atoms with Gasteiger partial charge in [-0.25, -0.2) is 9.78 Å². The maximum absolute atomic E-state index is 13.4. The maximum Gasteiger partial charge on any atom is 0.337 e. The molecule has 0 aliphatic carbocycles. The van der Waals surface area contributed by atoms with Crippen molar-refractivity contribution in [2.24, 2.45) is 0 Å². The van der Waals surface area contributed by atoms with Crippen molar-refractivity contribution in [3.63, 3.8) is 0 Å². The fraction of sp³-hybridized carbons (Fsp3) is 0.0909. The number of rotatable bonds is 4. The first-order valence-electron chi connectivity index (χ1n) is 8.80. The van der Waals surface area contributed by atoms with E-state index in [0.717, 1.165) is 22.5 Å². The van der Waals surface area contributed by atoms with Crippen LogP contribution in [0.25, 0.3) is 21.6 Å². The first-order chi connectivity index (χ1) is 14.0. The van der Waals surface area contributed by atoms with E-state index in [1.54, 1.807) is 24.3 Å². The number of fused-ring (bicyclic) bond motifs is 1. The summed E-state index contributed by atoms with van der Waals surface area (Å²) in [6, 6.07) is 16.8. The third-order valence-electron chi connectivity index (χ3n) is 4.67. The van der Waals surface area contributed by atoms with Crippen LogP contribution in [0.4, 0.5) is 0 Å². The van der Waals surface area contributed by atoms with E-state index >= 15 is 0 Å². The van der Waals surface area contributed by atoms with Gasteiger partial charge in [-0.2, -0.15) is 5.26 Å². The van der Waals surface area contributed by atoms with Gasteiger partial charge in [0.15, 0.2) is 0 Å². The number of nitrogens with zero attached hydrogens (tertiary/aromatic N) is 3. The highest BCUT2D eigenvalue weighted by atomic mass is 32.1. The van der Waals surface area contributed by atoms with Gasteiger partial charge in [0.05, 0.1) is 29.1 Å². The van der Waals surface area contributed by atoms with Crippen molar-refractivity contribution in [1.82, 2.24) is 9.55 Å². The van der Waals surface area contributed by atoms with Gasteiger partial charge in [0.25, 0.3) is 5.56 Å². The van der Waals surface area contributed by atoms with Crippen molar-refractivity contribution in [2.75, 3.05) is 0 Å². The highest BCUT2D eigenvalue weighted by Crippen LogP contribution is 2.26. The van der Waals surface area contributed by atoms with Crippen LogP contribution in [0.2, 0.25) is 0 Å². The highest BCUT2D eigenvalue weighted by Gasteiger charge is 2.21. The van der Waals surface area contributed by atoms with E-state index < -0.39 is 11.5 Å². The molecule has 0 aliphatic rings. The quantitative estimate of drug-likeness (QED) is 0.556. The maximum atomic E-state index is 13.4. The Hall–Kier alpha value is -3.76. The Morgan fingerprint density at radius 2 is 2.03 bits per heavy atom. The number of nitriles is 1. The van der Waals surface area contributed by atoms with Gasteiger partial charge < -0.3 is 5.11 Å². The van der Waals surface area contributed by atoms with Gasteiger partial charge in [-0.3, -0.25) is 9.36 Å². The van der Waals surface area contributed by atoms with E-state index in [1.165, 1.54) is 9.95 Å². The Morgan fingerprint density at radius 1 is 1.24 bits per heavy atom. The zero-order valence-electron chi connectivity index (χ0n) is 15.4. The Labute approximate surface area is 169 Å². The summed E-state index contributed by atoms with van der Waals surface area (Å²) in [4.78, 5) is 30.0. The van der Waals surface area contributed by atoms with Crippen LogP contribution in [-0.4, -0.2) is 20.6 Å². The number of aromatic nitrogens is 2. The molecule has 0 fully saturated rings. The molecule has 0 aliphatic heterocycles. The molecule has 1 N–H and O–H groups in total. The van der Waals surface area contributed by atoms with Crippen LogP contribution in [0.3, 0.4) is 0 Å². The zero-order valence-corrected chi connectivity index (χ0v) is 16.2. The molecule has 0 atom stereocenters. The molecule has 142 valence electrons. The first-order valence-corrected chi connectivity index (χ1v) is 9.68. The van der Waals surface area contributed by atoms with Crippen LogP contribution in [0.5, 0.6) is 0 Å². The topological polar surface area (TPSA) is 96.0 Å². The number of hydrogen-bond donors (Lipinski definition) is 1. The number of thiophene rings is 1. The number of aryl methyl sites for hydroxylation is 1. The van der Waals surface area contributed by atoms with Gasteiger partial charge in [0, 0.05) is 10.9 Å². The standard InChI is InChI=1S/C22H15N3O3S/c1-13-5-4-8-14(9-13)19-24-20-18(17(12-29-20)22(27)28)21(26)25(19)11-16-7-3-2-6-15(16)10-23/h2-9,12H,11H2,1H3,(H,27,28). The van der Waals surface area contributed by atoms with Crippen molar-refractivity contribution in [2.45, 2.75) is 13.5 Å². The Kier molecular flexibility index (Phi) is 4.71. The molecule has 4 rings (SSSR count). The summed E-state index contributed by atoms with van der Waals surface area (Å²) in [5, 5.41) is 20.4. The van der Waals surface area contributed by atoms with Crippen molar-refractivity contribution in [3.8, 4) is 17.5 Å². The van der Waals surface area contributed by atoms with Crippen molar-refractivity contribution < 1.29 is 9.90 Å². The Morgan fingerprint density at radius 3 is 2.76 bits per heavy atom. The predicted octanol–water partition coefficient (Wildman–Crippen LogP) is 4.05. The molecule has 7 heteroatoms. The normalized spacial score (nSPS) is 10.8. The summed E-state index contributed by atoms with van der Waals surface area (Å²) < 4.78 is 1.45. The van der Waals surface area contributed by atoms with Gasteiger partial charge in [0.2, 0.25) is 0 Å². The molecule has 0 bridgehead atoms. The number of carbonyl (C=O) groups is 1.